The minimum absolute atomic E-state index is 0.272. The number of ketones is 2. The largest absolute Gasteiger partial charge is 0.444 e. The average molecular weight is 634 g/mol. The molecule has 0 aromatic heterocycles. The third kappa shape index (κ3) is 7.01. The minimum atomic E-state index is -4.01. The first kappa shape index (κ1) is 36.9. The van der Waals surface area contributed by atoms with Crippen molar-refractivity contribution >= 4 is 35.4 Å². The standard InChI is InChI=1S/C28H45F2N5O9/c1-14(2)19(20(38)27(29,30)13-32-24(42)44-25(5,6)7)34-23(41)28-18(37)10-9-17(36)26(28,43-8)11-12-35(28)22(40)16(4)33-21(39)15(3)31/h14-16,19-20,38H,9-13,31H2,1-8H3,(H,32,42)(H,33,39)(H,34,41)/t15-,16-,19?,20?,26?,28+/m0/s1. The van der Waals surface area contributed by atoms with Gasteiger partial charge in [0.25, 0.3) is 11.8 Å². The number of nitrogens with zero attached hydrogens (tertiary/aromatic N) is 1. The molecule has 4 amide bonds. The second kappa shape index (κ2) is 13.4. The van der Waals surface area contributed by atoms with E-state index in [9.17, 15) is 33.9 Å². The van der Waals surface area contributed by atoms with E-state index in [4.69, 9.17) is 15.2 Å². The number of fused-ring (bicyclic) bond motifs is 1. The third-order valence-electron chi connectivity index (χ3n) is 7.85. The van der Waals surface area contributed by atoms with Gasteiger partial charge in [0.15, 0.2) is 17.2 Å². The molecule has 14 nitrogen and oxygen atoms in total. The molecule has 0 spiro atoms. The number of alkyl carbamates (subject to hydrolysis) is 1. The normalized spacial score (nSPS) is 25.1. The van der Waals surface area contributed by atoms with Crippen LogP contribution in [0.2, 0.25) is 0 Å². The molecule has 3 unspecified atom stereocenters. The lowest BCUT2D eigenvalue weighted by molar-refractivity contribution is -0.181. The van der Waals surface area contributed by atoms with Gasteiger partial charge >= 0.3 is 6.09 Å². The van der Waals surface area contributed by atoms with Gasteiger partial charge in [0, 0.05) is 32.9 Å². The summed E-state index contributed by atoms with van der Waals surface area (Å²) in [6.07, 6.45) is -4.77. The molecule has 1 aliphatic heterocycles. The quantitative estimate of drug-likeness (QED) is 0.189. The van der Waals surface area contributed by atoms with Gasteiger partial charge in [-0.25, -0.2) is 13.6 Å². The smallest absolute Gasteiger partial charge is 0.407 e. The van der Waals surface area contributed by atoms with E-state index in [1.54, 1.807) is 0 Å². The fourth-order valence-corrected chi connectivity index (χ4v) is 5.61. The highest BCUT2D eigenvalue weighted by atomic mass is 19.3. The zero-order valence-corrected chi connectivity index (χ0v) is 26.4. The lowest BCUT2D eigenvalue weighted by atomic mass is 9.66. The van der Waals surface area contributed by atoms with Crippen LogP contribution < -0.4 is 21.7 Å². The highest BCUT2D eigenvalue weighted by Gasteiger charge is 2.75. The summed E-state index contributed by atoms with van der Waals surface area (Å²) in [5.74, 6) is -9.32. The van der Waals surface area contributed by atoms with Crippen LogP contribution in [0.4, 0.5) is 13.6 Å². The number of alkyl halides is 2. The van der Waals surface area contributed by atoms with Crippen LogP contribution in [-0.4, -0.2) is 112 Å². The number of nitrogens with two attached hydrogens (primary N) is 1. The predicted molar refractivity (Wildman–Crippen MR) is 151 cm³/mol. The Morgan fingerprint density at radius 2 is 1.61 bits per heavy atom. The first-order valence-corrected chi connectivity index (χ1v) is 14.4. The highest BCUT2D eigenvalue weighted by Crippen LogP contribution is 2.48. The highest BCUT2D eigenvalue weighted by molar-refractivity contribution is 6.22. The molecule has 44 heavy (non-hydrogen) atoms. The van der Waals surface area contributed by atoms with E-state index in [1.807, 2.05) is 5.32 Å². The molecule has 2 fully saturated rings. The average Bonchev–Trinajstić information content (AvgIpc) is 3.29. The Morgan fingerprint density at radius 1 is 1.05 bits per heavy atom. The summed E-state index contributed by atoms with van der Waals surface area (Å²) < 4.78 is 41.0. The number of hydrogen-bond donors (Lipinski definition) is 5. The maximum Gasteiger partial charge on any atom is 0.407 e. The first-order chi connectivity index (χ1) is 20.1. The molecule has 0 aromatic rings. The number of Topliss-reactive ketones (excluding diaryl/α,β-unsaturated/α-hetero) is 2. The van der Waals surface area contributed by atoms with Crippen LogP contribution in [0.1, 0.15) is 67.7 Å². The molecule has 6 N–H and O–H groups in total. The lowest BCUT2D eigenvalue weighted by Crippen LogP contribution is -2.78. The molecule has 1 heterocycles. The fourth-order valence-electron chi connectivity index (χ4n) is 5.61. The van der Waals surface area contributed by atoms with E-state index in [2.05, 4.69) is 10.6 Å². The molecule has 250 valence electrons. The van der Waals surface area contributed by atoms with Gasteiger partial charge in [0.05, 0.1) is 18.6 Å². The number of nitrogens with one attached hydrogen (secondary N) is 3. The van der Waals surface area contributed by atoms with E-state index in [0.29, 0.717) is 0 Å². The molecule has 0 radical (unpaired) electrons. The van der Waals surface area contributed by atoms with Crippen molar-refractivity contribution in [1.29, 1.82) is 0 Å². The SMILES string of the molecule is COC12CCN(C(=O)[C@H](C)NC(=O)[C@H](C)N)[C@@]1(C(=O)NC(C(C)C)C(O)C(F)(F)CNC(=O)OC(C)(C)C)C(=O)CCC2=O. The van der Waals surface area contributed by atoms with Gasteiger partial charge in [-0.3, -0.25) is 24.0 Å². The Morgan fingerprint density at radius 3 is 2.11 bits per heavy atom. The van der Waals surface area contributed by atoms with Gasteiger partial charge in [-0.05, 0) is 40.5 Å². The molecule has 0 aromatic carbocycles. The summed E-state index contributed by atoms with van der Waals surface area (Å²) in [6, 6.07) is -4.03. The zero-order valence-electron chi connectivity index (χ0n) is 26.4. The van der Waals surface area contributed by atoms with E-state index in [0.717, 1.165) is 12.0 Å². The number of amides is 4. The van der Waals surface area contributed by atoms with Crippen LogP contribution in [0.5, 0.6) is 0 Å². The van der Waals surface area contributed by atoms with Crippen molar-refractivity contribution in [3.05, 3.63) is 0 Å². The summed E-state index contributed by atoms with van der Waals surface area (Å²) in [7, 11) is 1.10. The van der Waals surface area contributed by atoms with Crippen molar-refractivity contribution < 1.29 is 52.1 Å². The van der Waals surface area contributed by atoms with Crippen molar-refractivity contribution in [3.63, 3.8) is 0 Å². The van der Waals surface area contributed by atoms with Crippen molar-refractivity contribution in [1.82, 2.24) is 20.9 Å². The van der Waals surface area contributed by atoms with Gasteiger partial charge in [-0.15, -0.1) is 0 Å². The zero-order chi connectivity index (χ0) is 34.0. The van der Waals surface area contributed by atoms with Crippen molar-refractivity contribution in [2.75, 3.05) is 20.2 Å². The van der Waals surface area contributed by atoms with Gasteiger partial charge in [0.2, 0.25) is 17.4 Å². The molecule has 1 saturated carbocycles. The summed E-state index contributed by atoms with van der Waals surface area (Å²) in [5.41, 5.74) is -0.177. The molecule has 1 aliphatic carbocycles. The summed E-state index contributed by atoms with van der Waals surface area (Å²) in [4.78, 5) is 80.0. The Balaban J connectivity index is 2.51. The number of carbonyl (C=O) groups is 6. The maximum absolute atomic E-state index is 15.2. The number of hydrogen-bond acceptors (Lipinski definition) is 10. The number of halogens is 2. The summed E-state index contributed by atoms with van der Waals surface area (Å²) in [6.45, 7) is 8.45. The van der Waals surface area contributed by atoms with Gasteiger partial charge in [-0.1, -0.05) is 13.8 Å². The number of carbonyl (C=O) groups excluding carboxylic acids is 6. The van der Waals surface area contributed by atoms with Crippen molar-refractivity contribution in [3.8, 4) is 0 Å². The molecule has 1 saturated heterocycles. The molecule has 2 aliphatic rings. The Bertz CT molecular complexity index is 1160. The number of aliphatic hydroxyl groups excluding tert-OH is 1. The molecule has 0 bridgehead atoms. The van der Waals surface area contributed by atoms with E-state index < -0.39 is 101 Å². The second-order valence-electron chi connectivity index (χ2n) is 12.7. The van der Waals surface area contributed by atoms with Gasteiger partial charge < -0.3 is 41.2 Å². The lowest BCUT2D eigenvalue weighted by Gasteiger charge is -2.48. The number of ether oxygens (including phenoxy) is 2. The predicted octanol–water partition coefficient (Wildman–Crippen LogP) is -0.212. The topological polar surface area (TPSA) is 206 Å². The van der Waals surface area contributed by atoms with Gasteiger partial charge in [0.1, 0.15) is 17.7 Å². The third-order valence-corrected chi connectivity index (χ3v) is 7.85. The summed E-state index contributed by atoms with van der Waals surface area (Å²) in [5, 5.41) is 17.4. The molecule has 6 atom stereocenters. The van der Waals surface area contributed by atoms with E-state index >= 15 is 8.78 Å². The first-order valence-electron chi connectivity index (χ1n) is 14.4. The van der Waals surface area contributed by atoms with Crippen LogP contribution in [0.25, 0.3) is 0 Å². The second-order valence-corrected chi connectivity index (χ2v) is 12.7. The number of rotatable bonds is 11. The Labute approximate surface area is 255 Å². The number of methoxy groups -OCH3 is 1. The minimum Gasteiger partial charge on any atom is -0.444 e. The van der Waals surface area contributed by atoms with Crippen LogP contribution >= 0.6 is 0 Å². The summed E-state index contributed by atoms with van der Waals surface area (Å²) >= 11 is 0. The maximum atomic E-state index is 15.2. The van der Waals surface area contributed by atoms with Crippen molar-refractivity contribution in [2.24, 2.45) is 11.7 Å². The molecular formula is C28H45F2N5O9. The van der Waals surface area contributed by atoms with Crippen LogP contribution in [0, 0.1) is 5.92 Å². The van der Waals surface area contributed by atoms with E-state index in [1.165, 1.54) is 48.5 Å². The number of aliphatic hydroxyl groups is 1. The van der Waals surface area contributed by atoms with Crippen molar-refractivity contribution in [2.45, 2.75) is 115 Å². The molecule has 16 heteroatoms. The number of likely N-dealkylation sites (tertiary alicyclic amines) is 1. The van der Waals surface area contributed by atoms with Gasteiger partial charge in [-0.2, -0.15) is 0 Å². The van der Waals surface area contributed by atoms with E-state index in [-0.39, 0.29) is 19.4 Å². The Kier molecular flexibility index (Phi) is 11.3. The molecular weight excluding hydrogens is 588 g/mol. The van der Waals surface area contributed by atoms with Crippen LogP contribution in [0.3, 0.4) is 0 Å². The van der Waals surface area contributed by atoms with Crippen LogP contribution in [-0.2, 0) is 33.4 Å². The molecule has 2 rings (SSSR count). The fraction of sp³-hybridized carbons (Fsp3) is 0.786. The van der Waals surface area contributed by atoms with Crippen LogP contribution in [0.15, 0.2) is 0 Å². The Hall–Kier alpha value is -3.24. The monoisotopic (exact) mass is 633 g/mol.